The first-order valence-electron chi connectivity index (χ1n) is 5.43. The zero-order valence-corrected chi connectivity index (χ0v) is 11.2. The Kier molecular flexibility index (Phi) is 3.81. The second kappa shape index (κ2) is 5.52. The van der Waals surface area contributed by atoms with Gasteiger partial charge in [0, 0.05) is 15.7 Å². The van der Waals surface area contributed by atoms with E-state index in [1.165, 1.54) is 0 Å². The van der Waals surface area contributed by atoms with Gasteiger partial charge in [0.2, 0.25) is 0 Å². The molecule has 0 radical (unpaired) electrons. The van der Waals surface area contributed by atoms with Crippen LogP contribution in [0.2, 0.25) is 0 Å². The number of para-hydroxylation sites is 1. The molecule has 0 aliphatic carbocycles. The molecular formula is C15H11BrN2. The van der Waals surface area contributed by atoms with Crippen molar-refractivity contribution in [2.45, 2.75) is 0 Å². The van der Waals surface area contributed by atoms with Gasteiger partial charge in [-0.3, -0.25) is 0 Å². The number of halogens is 1. The summed E-state index contributed by atoms with van der Waals surface area (Å²) in [5, 5.41) is 9.27. The number of hydrogen-bond acceptors (Lipinski definition) is 2. The minimum absolute atomic E-state index is 0.556. The van der Waals surface area contributed by atoms with Crippen molar-refractivity contribution in [1.29, 1.82) is 5.26 Å². The van der Waals surface area contributed by atoms with Gasteiger partial charge in [-0.2, -0.15) is 5.26 Å². The topological polar surface area (TPSA) is 49.8 Å². The molecule has 2 nitrogen and oxygen atoms in total. The predicted octanol–water partition coefficient (Wildman–Crippen LogP) is 4.10. The van der Waals surface area contributed by atoms with Gasteiger partial charge in [-0.25, -0.2) is 0 Å². The van der Waals surface area contributed by atoms with Gasteiger partial charge in [-0.1, -0.05) is 52.3 Å². The molecule has 0 bridgehead atoms. The number of anilines is 1. The predicted molar refractivity (Wildman–Crippen MR) is 78.5 cm³/mol. The fourth-order valence-corrected chi connectivity index (χ4v) is 2.06. The van der Waals surface area contributed by atoms with E-state index in [2.05, 4.69) is 22.0 Å². The summed E-state index contributed by atoms with van der Waals surface area (Å²) in [6.07, 6.45) is 1.83. The lowest BCUT2D eigenvalue weighted by atomic mass is 10.0. The average molecular weight is 299 g/mol. The van der Waals surface area contributed by atoms with Gasteiger partial charge in [-0.05, 0) is 23.8 Å². The highest BCUT2D eigenvalue weighted by Crippen LogP contribution is 2.25. The number of benzene rings is 2. The molecule has 2 N–H and O–H groups in total. The van der Waals surface area contributed by atoms with Crippen LogP contribution in [0.1, 0.15) is 11.1 Å². The Hall–Kier alpha value is -2.05. The van der Waals surface area contributed by atoms with Gasteiger partial charge < -0.3 is 5.73 Å². The molecule has 0 atom stereocenters. The number of nitrogens with two attached hydrogens (primary N) is 1. The molecule has 2 aromatic rings. The second-order valence-corrected chi connectivity index (χ2v) is 4.63. The maximum Gasteiger partial charge on any atom is 0.0998 e. The lowest BCUT2D eigenvalue weighted by Gasteiger charge is -2.04. The molecule has 0 amide bonds. The van der Waals surface area contributed by atoms with Crippen LogP contribution in [0.4, 0.5) is 5.69 Å². The molecule has 0 spiro atoms. The van der Waals surface area contributed by atoms with Crippen LogP contribution >= 0.6 is 15.9 Å². The molecule has 0 aliphatic rings. The highest BCUT2D eigenvalue weighted by molar-refractivity contribution is 9.10. The Morgan fingerprint density at radius 2 is 1.78 bits per heavy atom. The van der Waals surface area contributed by atoms with E-state index in [1.54, 1.807) is 6.07 Å². The number of allylic oxidation sites excluding steroid dienone is 1. The van der Waals surface area contributed by atoms with Crippen LogP contribution in [0.3, 0.4) is 0 Å². The van der Waals surface area contributed by atoms with Gasteiger partial charge >= 0.3 is 0 Å². The largest absolute Gasteiger partial charge is 0.398 e. The van der Waals surface area contributed by atoms with Crippen LogP contribution in [0, 0.1) is 11.3 Å². The molecule has 3 heteroatoms. The molecule has 0 aromatic heterocycles. The third-order valence-corrected chi connectivity index (χ3v) is 3.30. The van der Waals surface area contributed by atoms with Crippen LogP contribution in [0.15, 0.2) is 53.0 Å². The third-order valence-electron chi connectivity index (χ3n) is 2.58. The van der Waals surface area contributed by atoms with Crippen LogP contribution in [-0.2, 0) is 0 Å². The fourth-order valence-electron chi connectivity index (χ4n) is 1.66. The van der Waals surface area contributed by atoms with Gasteiger partial charge in [-0.15, -0.1) is 0 Å². The van der Waals surface area contributed by atoms with E-state index in [4.69, 9.17) is 5.73 Å². The molecule has 0 heterocycles. The molecular weight excluding hydrogens is 288 g/mol. The van der Waals surface area contributed by atoms with E-state index in [-0.39, 0.29) is 0 Å². The summed E-state index contributed by atoms with van der Waals surface area (Å²) in [5.74, 6) is 0. The summed E-state index contributed by atoms with van der Waals surface area (Å²) in [5.41, 5.74) is 8.77. The van der Waals surface area contributed by atoms with E-state index < -0.39 is 0 Å². The van der Waals surface area contributed by atoms with Crippen molar-refractivity contribution >= 4 is 33.3 Å². The number of nitrogen functional groups attached to an aromatic ring is 1. The zero-order valence-electron chi connectivity index (χ0n) is 9.60. The number of nitriles is 1. The van der Waals surface area contributed by atoms with E-state index in [0.717, 1.165) is 15.6 Å². The molecule has 0 fully saturated rings. The number of rotatable bonds is 2. The summed E-state index contributed by atoms with van der Waals surface area (Å²) in [4.78, 5) is 0. The van der Waals surface area contributed by atoms with Crippen molar-refractivity contribution in [2.75, 3.05) is 5.73 Å². The normalized spacial score (nSPS) is 11.0. The van der Waals surface area contributed by atoms with E-state index in [9.17, 15) is 5.26 Å². The fraction of sp³-hybridized carbons (Fsp3) is 0. The Morgan fingerprint density at radius 3 is 2.44 bits per heavy atom. The summed E-state index contributed by atoms with van der Waals surface area (Å²) >= 11 is 3.46. The molecule has 0 saturated heterocycles. The quantitative estimate of drug-likeness (QED) is 0.515. The van der Waals surface area contributed by atoms with Crippen molar-refractivity contribution < 1.29 is 0 Å². The van der Waals surface area contributed by atoms with Crippen LogP contribution in [0.25, 0.3) is 11.6 Å². The SMILES string of the molecule is N#C/C(=C\c1ccccc1Br)c1ccccc1N. The van der Waals surface area contributed by atoms with Gasteiger partial charge in [0.1, 0.15) is 0 Å². The summed E-state index contributed by atoms with van der Waals surface area (Å²) in [7, 11) is 0. The first-order valence-corrected chi connectivity index (χ1v) is 6.23. The van der Waals surface area contributed by atoms with Gasteiger partial charge in [0.25, 0.3) is 0 Å². The molecule has 0 saturated carbocycles. The zero-order chi connectivity index (χ0) is 13.0. The monoisotopic (exact) mass is 298 g/mol. The smallest absolute Gasteiger partial charge is 0.0998 e. The minimum Gasteiger partial charge on any atom is -0.398 e. The first kappa shape index (κ1) is 12.4. The lowest BCUT2D eigenvalue weighted by Crippen LogP contribution is -1.92. The molecule has 18 heavy (non-hydrogen) atoms. The van der Waals surface area contributed by atoms with Crippen molar-refractivity contribution in [1.82, 2.24) is 0 Å². The summed E-state index contributed by atoms with van der Waals surface area (Å²) in [6.45, 7) is 0. The van der Waals surface area contributed by atoms with E-state index >= 15 is 0 Å². The molecule has 88 valence electrons. The Morgan fingerprint density at radius 1 is 1.11 bits per heavy atom. The van der Waals surface area contributed by atoms with E-state index in [1.807, 2.05) is 48.5 Å². The van der Waals surface area contributed by atoms with Crippen molar-refractivity contribution in [3.05, 3.63) is 64.1 Å². The molecule has 0 unspecified atom stereocenters. The second-order valence-electron chi connectivity index (χ2n) is 3.78. The van der Waals surface area contributed by atoms with Crippen LogP contribution in [-0.4, -0.2) is 0 Å². The first-order chi connectivity index (χ1) is 8.72. The molecule has 2 rings (SSSR count). The van der Waals surface area contributed by atoms with Crippen LogP contribution < -0.4 is 5.73 Å². The standard InChI is InChI=1S/C15H11BrN2/c16-14-7-3-1-5-11(14)9-12(10-17)13-6-2-4-8-15(13)18/h1-9H,18H2/b12-9+. The number of nitrogens with zero attached hydrogens (tertiary/aromatic N) is 1. The van der Waals surface area contributed by atoms with Gasteiger partial charge in [0.15, 0.2) is 0 Å². The maximum atomic E-state index is 9.27. The molecule has 0 aliphatic heterocycles. The highest BCUT2D eigenvalue weighted by Gasteiger charge is 2.05. The molecule has 2 aromatic carbocycles. The van der Waals surface area contributed by atoms with Crippen LogP contribution in [0.5, 0.6) is 0 Å². The Balaban J connectivity index is 2.52. The number of hydrogen-bond donors (Lipinski definition) is 1. The third kappa shape index (κ3) is 2.61. The minimum atomic E-state index is 0.556. The summed E-state index contributed by atoms with van der Waals surface area (Å²) < 4.78 is 0.951. The van der Waals surface area contributed by atoms with Crippen molar-refractivity contribution in [3.63, 3.8) is 0 Å². The summed E-state index contributed by atoms with van der Waals surface area (Å²) in [6, 6.07) is 17.3. The highest BCUT2D eigenvalue weighted by atomic mass is 79.9. The van der Waals surface area contributed by atoms with Crippen molar-refractivity contribution in [2.24, 2.45) is 0 Å². The Labute approximate surface area is 114 Å². The lowest BCUT2D eigenvalue weighted by molar-refractivity contribution is 1.52. The average Bonchev–Trinajstić information content (AvgIpc) is 2.39. The van der Waals surface area contributed by atoms with E-state index in [0.29, 0.717) is 11.3 Å². The Bertz CT molecular complexity index is 639. The van der Waals surface area contributed by atoms with Gasteiger partial charge in [0.05, 0.1) is 11.6 Å². The van der Waals surface area contributed by atoms with Crippen molar-refractivity contribution in [3.8, 4) is 6.07 Å². The maximum absolute atomic E-state index is 9.27.